The minimum atomic E-state index is -3.40. The van der Waals surface area contributed by atoms with E-state index in [4.69, 9.17) is 10.3 Å². The van der Waals surface area contributed by atoms with Gasteiger partial charge in [-0.15, -0.1) is 0 Å². The van der Waals surface area contributed by atoms with Crippen LogP contribution in [-0.4, -0.2) is 29.8 Å². The molecule has 1 aromatic rings. The van der Waals surface area contributed by atoms with Crippen molar-refractivity contribution in [1.82, 2.24) is 4.98 Å². The highest BCUT2D eigenvalue weighted by Crippen LogP contribution is 2.32. The Morgan fingerprint density at radius 3 is 2.79 bits per heavy atom. The maximum Gasteiger partial charge on any atom is 0.416 e. The van der Waals surface area contributed by atoms with Crippen molar-refractivity contribution in [3.63, 3.8) is 0 Å². The topological polar surface area (TPSA) is 91.2 Å². The van der Waals surface area contributed by atoms with E-state index in [2.05, 4.69) is 15.0 Å². The lowest BCUT2D eigenvalue weighted by atomic mass is 10.0. The molecular weight excluding hydrogens is 320 g/mol. The standard InChI is InChI=1S/C15H19F2N5O2/c1-14(2,3)24-13(23)22-8-4-5-10-6-7-11(20-12(10)22)15(16,17)9-19-21-18/h6-7H,4-5,8-9H2,1-3H3. The summed E-state index contributed by atoms with van der Waals surface area (Å²) in [7, 11) is 0. The molecule has 0 spiro atoms. The van der Waals surface area contributed by atoms with Crippen molar-refractivity contribution in [3.05, 3.63) is 33.8 Å². The van der Waals surface area contributed by atoms with Crippen LogP contribution < -0.4 is 4.90 Å². The number of hydrogen-bond acceptors (Lipinski definition) is 4. The number of aromatic nitrogens is 1. The van der Waals surface area contributed by atoms with Gasteiger partial charge >= 0.3 is 6.09 Å². The molecule has 0 aromatic carbocycles. The van der Waals surface area contributed by atoms with Gasteiger partial charge in [-0.05, 0) is 50.8 Å². The first-order valence-corrected chi connectivity index (χ1v) is 7.54. The van der Waals surface area contributed by atoms with E-state index >= 15 is 0 Å². The summed E-state index contributed by atoms with van der Waals surface area (Å²) in [5.41, 5.74) is 7.70. The van der Waals surface area contributed by atoms with Crippen LogP contribution >= 0.6 is 0 Å². The van der Waals surface area contributed by atoms with Gasteiger partial charge in [0, 0.05) is 11.5 Å². The van der Waals surface area contributed by atoms with E-state index in [1.807, 2.05) is 0 Å². The maximum atomic E-state index is 14.1. The van der Waals surface area contributed by atoms with E-state index in [9.17, 15) is 13.6 Å². The zero-order valence-electron chi connectivity index (χ0n) is 13.8. The summed E-state index contributed by atoms with van der Waals surface area (Å²) in [6, 6.07) is 2.72. The molecule has 0 N–H and O–H groups in total. The van der Waals surface area contributed by atoms with E-state index in [0.717, 1.165) is 0 Å². The molecule has 1 aliphatic rings. The van der Waals surface area contributed by atoms with E-state index in [1.165, 1.54) is 17.0 Å². The number of alkyl halides is 2. The highest BCUT2D eigenvalue weighted by Gasteiger charge is 2.35. The predicted molar refractivity (Wildman–Crippen MR) is 84.0 cm³/mol. The zero-order valence-corrected chi connectivity index (χ0v) is 13.8. The molecule has 2 rings (SSSR count). The third-order valence-electron chi connectivity index (χ3n) is 3.36. The van der Waals surface area contributed by atoms with Crippen molar-refractivity contribution in [1.29, 1.82) is 0 Å². The molecule has 0 saturated heterocycles. The van der Waals surface area contributed by atoms with Crippen LogP contribution in [0.3, 0.4) is 0 Å². The predicted octanol–water partition coefficient (Wildman–Crippen LogP) is 4.17. The highest BCUT2D eigenvalue weighted by atomic mass is 19.3. The average Bonchev–Trinajstić information content (AvgIpc) is 2.50. The monoisotopic (exact) mass is 339 g/mol. The SMILES string of the molecule is CC(C)(C)OC(=O)N1CCCc2ccc(C(F)(F)CN=[N+]=[N-])nc21. The second-order valence-corrected chi connectivity index (χ2v) is 6.51. The summed E-state index contributed by atoms with van der Waals surface area (Å²) < 4.78 is 33.4. The molecule has 7 nitrogen and oxygen atoms in total. The van der Waals surface area contributed by atoms with Gasteiger partial charge < -0.3 is 4.74 Å². The molecule has 2 heterocycles. The fraction of sp³-hybridized carbons (Fsp3) is 0.600. The maximum absolute atomic E-state index is 14.1. The van der Waals surface area contributed by atoms with Crippen LogP contribution in [0.2, 0.25) is 0 Å². The summed E-state index contributed by atoms with van der Waals surface area (Å²) in [6.07, 6.45) is 0.720. The summed E-state index contributed by atoms with van der Waals surface area (Å²) in [6.45, 7) is 4.51. The number of hydrogen-bond donors (Lipinski definition) is 0. The van der Waals surface area contributed by atoms with Gasteiger partial charge in [-0.2, -0.15) is 8.78 Å². The van der Waals surface area contributed by atoms with E-state index < -0.39 is 29.9 Å². The van der Waals surface area contributed by atoms with Crippen LogP contribution in [0.15, 0.2) is 17.2 Å². The Morgan fingerprint density at radius 1 is 1.46 bits per heavy atom. The number of fused-ring (bicyclic) bond motifs is 1. The Morgan fingerprint density at radius 2 is 2.17 bits per heavy atom. The fourth-order valence-electron chi connectivity index (χ4n) is 2.34. The van der Waals surface area contributed by atoms with Gasteiger partial charge in [0.1, 0.15) is 17.1 Å². The largest absolute Gasteiger partial charge is 0.443 e. The van der Waals surface area contributed by atoms with Crippen LogP contribution in [0.25, 0.3) is 10.4 Å². The number of amides is 1. The number of carbonyl (C=O) groups is 1. The minimum Gasteiger partial charge on any atom is -0.443 e. The number of anilines is 1. The fourth-order valence-corrected chi connectivity index (χ4v) is 2.34. The second-order valence-electron chi connectivity index (χ2n) is 6.51. The molecule has 0 radical (unpaired) electrons. The van der Waals surface area contributed by atoms with E-state index in [0.29, 0.717) is 24.9 Å². The first-order chi connectivity index (χ1) is 11.1. The van der Waals surface area contributed by atoms with Gasteiger partial charge in [0.2, 0.25) is 0 Å². The molecule has 0 aliphatic carbocycles. The molecule has 0 unspecified atom stereocenters. The first-order valence-electron chi connectivity index (χ1n) is 7.54. The van der Waals surface area contributed by atoms with Crippen LogP contribution in [0.5, 0.6) is 0 Å². The molecule has 0 bridgehead atoms. The van der Waals surface area contributed by atoms with Gasteiger partial charge in [-0.25, -0.2) is 9.78 Å². The molecule has 0 atom stereocenters. The third-order valence-corrected chi connectivity index (χ3v) is 3.36. The molecule has 1 amide bonds. The normalized spacial score (nSPS) is 14.6. The number of ether oxygens (including phenoxy) is 1. The lowest BCUT2D eigenvalue weighted by Gasteiger charge is -2.31. The quantitative estimate of drug-likeness (QED) is 0.470. The Bertz CT molecular complexity index is 681. The van der Waals surface area contributed by atoms with Crippen LogP contribution in [-0.2, 0) is 17.1 Å². The van der Waals surface area contributed by atoms with Crippen molar-refractivity contribution in [2.45, 2.75) is 45.1 Å². The average molecular weight is 339 g/mol. The number of nitrogens with zero attached hydrogens (tertiary/aromatic N) is 5. The summed E-state index contributed by atoms with van der Waals surface area (Å²) in [4.78, 5) is 19.9. The minimum absolute atomic E-state index is 0.175. The van der Waals surface area contributed by atoms with Gasteiger partial charge in [-0.3, -0.25) is 4.90 Å². The molecule has 1 aromatic heterocycles. The molecule has 0 saturated carbocycles. The number of aryl methyl sites for hydroxylation is 1. The number of rotatable bonds is 3. The third kappa shape index (κ3) is 4.11. The van der Waals surface area contributed by atoms with Crippen molar-refractivity contribution in [2.75, 3.05) is 18.0 Å². The molecular formula is C15H19F2N5O2. The number of halogens is 2. The van der Waals surface area contributed by atoms with Crippen molar-refractivity contribution in [2.24, 2.45) is 5.11 Å². The van der Waals surface area contributed by atoms with E-state index in [1.54, 1.807) is 20.8 Å². The molecule has 0 fully saturated rings. The summed E-state index contributed by atoms with van der Waals surface area (Å²) in [5, 5.41) is 2.92. The van der Waals surface area contributed by atoms with Crippen LogP contribution in [0.4, 0.5) is 19.4 Å². The number of pyridine rings is 1. The Labute approximate surface area is 138 Å². The Hall–Kier alpha value is -2.41. The van der Waals surface area contributed by atoms with Gasteiger partial charge in [0.25, 0.3) is 5.92 Å². The molecule has 130 valence electrons. The zero-order chi connectivity index (χ0) is 18.0. The number of azide groups is 1. The second kappa shape index (κ2) is 6.60. The van der Waals surface area contributed by atoms with Crippen molar-refractivity contribution < 1.29 is 18.3 Å². The van der Waals surface area contributed by atoms with Gasteiger partial charge in [0.05, 0.1) is 6.54 Å². The Balaban J connectivity index is 2.36. The van der Waals surface area contributed by atoms with Gasteiger partial charge in [-0.1, -0.05) is 11.2 Å². The molecule has 24 heavy (non-hydrogen) atoms. The lowest BCUT2D eigenvalue weighted by molar-refractivity contribution is 0.00148. The first kappa shape index (κ1) is 17.9. The highest BCUT2D eigenvalue weighted by molar-refractivity contribution is 5.88. The summed E-state index contributed by atoms with van der Waals surface area (Å²) >= 11 is 0. The number of carbonyl (C=O) groups excluding carboxylic acids is 1. The molecule has 1 aliphatic heterocycles. The van der Waals surface area contributed by atoms with Crippen molar-refractivity contribution in [3.8, 4) is 0 Å². The Kier molecular flexibility index (Phi) is 4.94. The van der Waals surface area contributed by atoms with Crippen LogP contribution in [0, 0.1) is 0 Å². The van der Waals surface area contributed by atoms with Gasteiger partial charge in [0.15, 0.2) is 0 Å². The van der Waals surface area contributed by atoms with Crippen LogP contribution in [0.1, 0.15) is 38.4 Å². The smallest absolute Gasteiger partial charge is 0.416 e. The lowest BCUT2D eigenvalue weighted by Crippen LogP contribution is -2.40. The summed E-state index contributed by atoms with van der Waals surface area (Å²) in [5.74, 6) is -3.23. The van der Waals surface area contributed by atoms with E-state index in [-0.39, 0.29) is 5.82 Å². The molecule has 9 heteroatoms. The van der Waals surface area contributed by atoms with Crippen molar-refractivity contribution >= 4 is 11.9 Å².